The van der Waals surface area contributed by atoms with Gasteiger partial charge in [0.2, 0.25) is 0 Å². The van der Waals surface area contributed by atoms with Crippen molar-refractivity contribution < 1.29 is 14.7 Å². The maximum Gasteiger partial charge on any atom is 0.354 e. The number of thioether (sulfide) groups is 1. The van der Waals surface area contributed by atoms with Crippen LogP contribution in [0.5, 0.6) is 0 Å². The molecule has 0 aromatic carbocycles. The minimum absolute atomic E-state index is 0.110. The molecule has 2 unspecified atom stereocenters. The standard InChI is InChI=1S/C13H16N2O3S/c1-19-10-3-2-9(7-10)15-12(16)8-4-5-14-11(6-8)13(17)18/h4-6,9-10H,2-3,7H2,1H3,(H,15,16)(H,17,18). The van der Waals surface area contributed by atoms with Crippen molar-refractivity contribution in [3.05, 3.63) is 29.6 Å². The molecule has 1 aliphatic rings. The minimum atomic E-state index is -1.13. The Morgan fingerprint density at radius 1 is 1.47 bits per heavy atom. The van der Waals surface area contributed by atoms with Crippen molar-refractivity contribution in [1.29, 1.82) is 0 Å². The van der Waals surface area contributed by atoms with Gasteiger partial charge in [-0.15, -0.1) is 0 Å². The smallest absolute Gasteiger partial charge is 0.354 e. The molecule has 19 heavy (non-hydrogen) atoms. The average Bonchev–Trinajstić information content (AvgIpc) is 2.86. The average molecular weight is 280 g/mol. The second-order valence-electron chi connectivity index (χ2n) is 4.58. The van der Waals surface area contributed by atoms with Crippen LogP contribution in [0.25, 0.3) is 0 Å². The fourth-order valence-electron chi connectivity index (χ4n) is 2.24. The van der Waals surface area contributed by atoms with Crippen molar-refractivity contribution >= 4 is 23.6 Å². The molecule has 0 bridgehead atoms. The van der Waals surface area contributed by atoms with Gasteiger partial charge in [0.1, 0.15) is 5.69 Å². The highest BCUT2D eigenvalue weighted by Gasteiger charge is 2.25. The minimum Gasteiger partial charge on any atom is -0.477 e. The van der Waals surface area contributed by atoms with E-state index in [1.807, 2.05) is 11.8 Å². The van der Waals surface area contributed by atoms with Crippen molar-refractivity contribution in [2.75, 3.05) is 6.26 Å². The number of nitrogens with one attached hydrogen (secondary N) is 1. The lowest BCUT2D eigenvalue weighted by Gasteiger charge is -2.12. The number of carboxylic acids is 1. The van der Waals surface area contributed by atoms with Gasteiger partial charge in [-0.25, -0.2) is 9.78 Å². The number of rotatable bonds is 4. The number of aromatic carboxylic acids is 1. The molecule has 6 heteroatoms. The number of carbonyl (C=O) groups is 2. The summed E-state index contributed by atoms with van der Waals surface area (Å²) >= 11 is 1.83. The van der Waals surface area contributed by atoms with Crippen molar-refractivity contribution in [3.8, 4) is 0 Å². The van der Waals surface area contributed by atoms with E-state index in [4.69, 9.17) is 5.11 Å². The van der Waals surface area contributed by atoms with Gasteiger partial charge in [-0.1, -0.05) is 0 Å². The Kier molecular flexibility index (Phi) is 4.42. The van der Waals surface area contributed by atoms with E-state index in [0.717, 1.165) is 19.3 Å². The second-order valence-corrected chi connectivity index (χ2v) is 5.71. The fraction of sp³-hybridized carbons (Fsp3) is 0.462. The van der Waals surface area contributed by atoms with Crippen LogP contribution < -0.4 is 5.32 Å². The third-order valence-electron chi connectivity index (χ3n) is 3.29. The summed E-state index contributed by atoms with van der Waals surface area (Å²) in [5, 5.41) is 12.4. The van der Waals surface area contributed by atoms with Crippen LogP contribution in [0, 0.1) is 0 Å². The number of carboxylic acid groups (broad SMARTS) is 1. The largest absolute Gasteiger partial charge is 0.477 e. The van der Waals surface area contributed by atoms with Gasteiger partial charge >= 0.3 is 5.97 Å². The Balaban J connectivity index is 2.00. The molecule has 1 saturated carbocycles. The molecule has 2 atom stereocenters. The van der Waals surface area contributed by atoms with Crippen molar-refractivity contribution in [3.63, 3.8) is 0 Å². The molecule has 0 spiro atoms. The summed E-state index contributed by atoms with van der Waals surface area (Å²) in [7, 11) is 0. The lowest BCUT2D eigenvalue weighted by Crippen LogP contribution is -2.33. The quantitative estimate of drug-likeness (QED) is 0.879. The summed E-state index contributed by atoms with van der Waals surface area (Å²) in [6.45, 7) is 0. The molecule has 1 aromatic heterocycles. The predicted molar refractivity (Wildman–Crippen MR) is 73.6 cm³/mol. The molecular weight excluding hydrogens is 264 g/mol. The Morgan fingerprint density at radius 3 is 2.89 bits per heavy atom. The molecule has 1 aromatic rings. The first-order valence-corrected chi connectivity index (χ1v) is 7.42. The molecule has 5 nitrogen and oxygen atoms in total. The summed E-state index contributed by atoms with van der Waals surface area (Å²) in [5.74, 6) is -1.35. The number of pyridine rings is 1. The van der Waals surface area contributed by atoms with E-state index in [0.29, 0.717) is 10.8 Å². The van der Waals surface area contributed by atoms with Crippen LogP contribution in [0.4, 0.5) is 0 Å². The highest BCUT2D eigenvalue weighted by Crippen LogP contribution is 2.28. The molecule has 1 amide bonds. The van der Waals surface area contributed by atoms with Gasteiger partial charge in [0.15, 0.2) is 0 Å². The first kappa shape index (κ1) is 13.9. The van der Waals surface area contributed by atoms with Crippen LogP contribution in [0.3, 0.4) is 0 Å². The molecule has 2 rings (SSSR count). The fourth-order valence-corrected chi connectivity index (χ4v) is 3.04. The number of hydrogen-bond acceptors (Lipinski definition) is 4. The van der Waals surface area contributed by atoms with Gasteiger partial charge in [-0.2, -0.15) is 11.8 Å². The zero-order chi connectivity index (χ0) is 13.8. The summed E-state index contributed by atoms with van der Waals surface area (Å²) in [4.78, 5) is 26.5. The van der Waals surface area contributed by atoms with Crippen molar-refractivity contribution in [2.45, 2.75) is 30.6 Å². The van der Waals surface area contributed by atoms with E-state index in [1.165, 1.54) is 18.3 Å². The molecule has 0 saturated heterocycles. The number of aromatic nitrogens is 1. The van der Waals surface area contributed by atoms with E-state index < -0.39 is 5.97 Å². The Morgan fingerprint density at radius 2 is 2.26 bits per heavy atom. The highest BCUT2D eigenvalue weighted by molar-refractivity contribution is 7.99. The maximum atomic E-state index is 12.0. The lowest BCUT2D eigenvalue weighted by atomic mass is 10.2. The van der Waals surface area contributed by atoms with E-state index in [9.17, 15) is 9.59 Å². The van der Waals surface area contributed by atoms with Crippen LogP contribution in [-0.4, -0.2) is 39.5 Å². The van der Waals surface area contributed by atoms with Crippen LogP contribution in [0.2, 0.25) is 0 Å². The van der Waals surface area contributed by atoms with E-state index >= 15 is 0 Å². The van der Waals surface area contributed by atoms with Gasteiger partial charge < -0.3 is 10.4 Å². The van der Waals surface area contributed by atoms with Crippen LogP contribution in [-0.2, 0) is 0 Å². The predicted octanol–water partition coefficient (Wildman–Crippen LogP) is 1.79. The Labute approximate surface area is 115 Å². The lowest BCUT2D eigenvalue weighted by molar-refractivity contribution is 0.0690. The van der Waals surface area contributed by atoms with Gasteiger partial charge in [-0.3, -0.25) is 4.79 Å². The molecule has 1 fully saturated rings. The zero-order valence-corrected chi connectivity index (χ0v) is 11.4. The van der Waals surface area contributed by atoms with E-state index in [2.05, 4.69) is 16.6 Å². The van der Waals surface area contributed by atoms with Gasteiger partial charge in [0.25, 0.3) is 5.91 Å². The second kappa shape index (κ2) is 6.06. The highest BCUT2D eigenvalue weighted by atomic mass is 32.2. The molecule has 0 aliphatic heterocycles. The van der Waals surface area contributed by atoms with Gasteiger partial charge in [0.05, 0.1) is 0 Å². The molecule has 102 valence electrons. The number of nitrogens with zero attached hydrogens (tertiary/aromatic N) is 1. The number of amides is 1. The van der Waals surface area contributed by atoms with Gasteiger partial charge in [-0.05, 0) is 37.7 Å². The summed E-state index contributed by atoms with van der Waals surface area (Å²) in [6, 6.07) is 3.02. The first-order chi connectivity index (χ1) is 9.10. The maximum absolute atomic E-state index is 12.0. The summed E-state index contributed by atoms with van der Waals surface area (Å²) < 4.78 is 0. The SMILES string of the molecule is CSC1CCC(NC(=O)c2ccnc(C(=O)O)c2)C1. The molecule has 0 radical (unpaired) electrons. The normalized spacial score (nSPS) is 22.2. The van der Waals surface area contributed by atoms with Crippen LogP contribution in [0.1, 0.15) is 40.1 Å². The third-order valence-corrected chi connectivity index (χ3v) is 4.39. The molecule has 1 aliphatic carbocycles. The summed E-state index contributed by atoms with van der Waals surface area (Å²) in [6.07, 6.45) is 6.50. The Hall–Kier alpha value is -1.56. The zero-order valence-electron chi connectivity index (χ0n) is 10.6. The number of hydrogen-bond donors (Lipinski definition) is 2. The third kappa shape index (κ3) is 3.47. The summed E-state index contributed by atoms with van der Waals surface area (Å²) in [5.41, 5.74) is 0.237. The van der Waals surface area contributed by atoms with Crippen molar-refractivity contribution in [2.24, 2.45) is 0 Å². The Bertz CT molecular complexity index is 493. The van der Waals surface area contributed by atoms with E-state index in [-0.39, 0.29) is 17.6 Å². The molecule has 2 N–H and O–H groups in total. The topological polar surface area (TPSA) is 79.3 Å². The number of carbonyl (C=O) groups excluding carboxylic acids is 1. The monoisotopic (exact) mass is 280 g/mol. The first-order valence-electron chi connectivity index (χ1n) is 6.13. The van der Waals surface area contributed by atoms with E-state index in [1.54, 1.807) is 0 Å². The van der Waals surface area contributed by atoms with Crippen LogP contribution in [0.15, 0.2) is 18.3 Å². The molecular formula is C13H16N2O3S. The van der Waals surface area contributed by atoms with Crippen LogP contribution >= 0.6 is 11.8 Å². The van der Waals surface area contributed by atoms with Crippen molar-refractivity contribution in [1.82, 2.24) is 10.3 Å². The van der Waals surface area contributed by atoms with Gasteiger partial charge in [0, 0.05) is 23.1 Å². The molecule has 1 heterocycles.